The van der Waals surface area contributed by atoms with Gasteiger partial charge in [0.25, 0.3) is 5.91 Å². The fraction of sp³-hybridized carbons (Fsp3) is 0.133. The molecular formula is C15H16ClN3O2. The standard InChI is InChI=1S/C15H16ClN3O2/c1-18-15(20)11-5-3-9(17)7-13(11)19-14-8-10(21-2)4-6-12(14)16/h3-8,19H,17H2,1-2H3,(H,18,20). The number of nitrogens with one attached hydrogen (secondary N) is 2. The maximum Gasteiger partial charge on any atom is 0.253 e. The molecule has 2 aromatic carbocycles. The van der Waals surface area contributed by atoms with E-state index in [0.29, 0.717) is 33.4 Å². The van der Waals surface area contributed by atoms with Crippen LogP contribution in [0.15, 0.2) is 36.4 Å². The fourth-order valence-corrected chi connectivity index (χ4v) is 2.03. The second-order valence-corrected chi connectivity index (χ2v) is 4.76. The number of methoxy groups -OCH3 is 1. The van der Waals surface area contributed by atoms with E-state index >= 15 is 0 Å². The fourth-order valence-electron chi connectivity index (χ4n) is 1.87. The average molecular weight is 306 g/mol. The number of hydrogen-bond acceptors (Lipinski definition) is 4. The summed E-state index contributed by atoms with van der Waals surface area (Å²) in [7, 11) is 3.14. The second kappa shape index (κ2) is 6.37. The summed E-state index contributed by atoms with van der Waals surface area (Å²) in [6, 6.07) is 10.2. The molecular weight excluding hydrogens is 290 g/mol. The highest BCUT2D eigenvalue weighted by molar-refractivity contribution is 6.33. The van der Waals surface area contributed by atoms with Crippen molar-refractivity contribution in [1.29, 1.82) is 0 Å². The Morgan fingerprint density at radius 1 is 1.19 bits per heavy atom. The van der Waals surface area contributed by atoms with Crippen LogP contribution < -0.4 is 21.1 Å². The number of carbonyl (C=O) groups is 1. The molecule has 21 heavy (non-hydrogen) atoms. The summed E-state index contributed by atoms with van der Waals surface area (Å²) in [6.45, 7) is 0. The lowest BCUT2D eigenvalue weighted by molar-refractivity contribution is 0.0964. The smallest absolute Gasteiger partial charge is 0.253 e. The first-order valence-electron chi connectivity index (χ1n) is 6.27. The van der Waals surface area contributed by atoms with Crippen molar-refractivity contribution in [2.75, 3.05) is 25.2 Å². The monoisotopic (exact) mass is 305 g/mol. The quantitative estimate of drug-likeness (QED) is 0.759. The van der Waals surface area contributed by atoms with Gasteiger partial charge in [0, 0.05) is 18.8 Å². The van der Waals surface area contributed by atoms with Crippen molar-refractivity contribution in [3.05, 3.63) is 47.0 Å². The first-order valence-corrected chi connectivity index (χ1v) is 6.65. The third kappa shape index (κ3) is 3.38. The van der Waals surface area contributed by atoms with Crippen molar-refractivity contribution in [2.45, 2.75) is 0 Å². The molecule has 5 nitrogen and oxygen atoms in total. The van der Waals surface area contributed by atoms with Crippen molar-refractivity contribution < 1.29 is 9.53 Å². The van der Waals surface area contributed by atoms with Gasteiger partial charge in [-0.2, -0.15) is 0 Å². The topological polar surface area (TPSA) is 76.4 Å². The predicted octanol–water partition coefficient (Wildman–Crippen LogP) is 3.03. The minimum Gasteiger partial charge on any atom is -0.497 e. The van der Waals surface area contributed by atoms with E-state index in [1.165, 1.54) is 0 Å². The summed E-state index contributed by atoms with van der Waals surface area (Å²) < 4.78 is 5.17. The summed E-state index contributed by atoms with van der Waals surface area (Å²) >= 11 is 6.16. The van der Waals surface area contributed by atoms with Crippen molar-refractivity contribution in [3.63, 3.8) is 0 Å². The van der Waals surface area contributed by atoms with Gasteiger partial charge in [0.1, 0.15) is 5.75 Å². The van der Waals surface area contributed by atoms with Crippen molar-refractivity contribution >= 4 is 34.6 Å². The molecule has 110 valence electrons. The van der Waals surface area contributed by atoms with E-state index in [-0.39, 0.29) is 5.91 Å². The van der Waals surface area contributed by atoms with E-state index in [1.54, 1.807) is 50.6 Å². The second-order valence-electron chi connectivity index (χ2n) is 4.35. The Hall–Kier alpha value is -2.40. The number of hydrogen-bond donors (Lipinski definition) is 3. The van der Waals surface area contributed by atoms with E-state index in [9.17, 15) is 4.79 Å². The van der Waals surface area contributed by atoms with E-state index in [1.807, 2.05) is 0 Å². The van der Waals surface area contributed by atoms with Crippen LogP contribution in [-0.4, -0.2) is 20.1 Å². The first kappa shape index (κ1) is 15.0. The molecule has 0 aliphatic rings. The molecule has 2 aromatic rings. The van der Waals surface area contributed by atoms with E-state index in [2.05, 4.69) is 10.6 Å². The van der Waals surface area contributed by atoms with Gasteiger partial charge in [0.05, 0.1) is 29.1 Å². The molecule has 0 unspecified atom stereocenters. The van der Waals surface area contributed by atoms with Gasteiger partial charge in [-0.1, -0.05) is 11.6 Å². The molecule has 1 amide bonds. The number of halogens is 1. The van der Waals surface area contributed by atoms with Crippen LogP contribution in [0.5, 0.6) is 5.75 Å². The van der Waals surface area contributed by atoms with Crippen LogP contribution in [0.4, 0.5) is 17.1 Å². The molecule has 0 saturated heterocycles. The van der Waals surface area contributed by atoms with Gasteiger partial charge in [-0.25, -0.2) is 0 Å². The Balaban J connectivity index is 2.43. The molecule has 0 saturated carbocycles. The van der Waals surface area contributed by atoms with Crippen LogP contribution in [0.25, 0.3) is 0 Å². The summed E-state index contributed by atoms with van der Waals surface area (Å²) in [4.78, 5) is 11.9. The molecule has 6 heteroatoms. The highest BCUT2D eigenvalue weighted by atomic mass is 35.5. The molecule has 0 spiro atoms. The minimum atomic E-state index is -0.212. The number of ether oxygens (including phenoxy) is 1. The molecule has 2 rings (SSSR count). The lowest BCUT2D eigenvalue weighted by Gasteiger charge is -2.14. The van der Waals surface area contributed by atoms with Crippen LogP contribution in [-0.2, 0) is 0 Å². The SMILES string of the molecule is CNC(=O)c1ccc(N)cc1Nc1cc(OC)ccc1Cl. The molecule has 0 aliphatic heterocycles. The molecule has 0 bridgehead atoms. The molecule has 4 N–H and O–H groups in total. The van der Waals surface area contributed by atoms with E-state index in [0.717, 1.165) is 0 Å². The van der Waals surface area contributed by atoms with Crippen LogP contribution in [0.1, 0.15) is 10.4 Å². The first-order chi connectivity index (χ1) is 10.0. The Kier molecular flexibility index (Phi) is 4.55. The van der Waals surface area contributed by atoms with Crippen LogP contribution in [0, 0.1) is 0 Å². The largest absolute Gasteiger partial charge is 0.497 e. The normalized spacial score (nSPS) is 10.0. The number of amides is 1. The van der Waals surface area contributed by atoms with Crippen LogP contribution in [0.3, 0.4) is 0 Å². The number of anilines is 3. The Bertz CT molecular complexity index is 674. The zero-order chi connectivity index (χ0) is 15.4. The summed E-state index contributed by atoms with van der Waals surface area (Å²) in [5, 5.41) is 6.22. The molecule has 0 heterocycles. The Labute approximate surface area is 128 Å². The van der Waals surface area contributed by atoms with Crippen LogP contribution in [0.2, 0.25) is 5.02 Å². The molecule has 0 radical (unpaired) electrons. The van der Waals surface area contributed by atoms with Gasteiger partial charge in [-0.15, -0.1) is 0 Å². The number of benzene rings is 2. The predicted molar refractivity (Wildman–Crippen MR) is 85.5 cm³/mol. The van der Waals surface area contributed by atoms with Crippen molar-refractivity contribution in [2.24, 2.45) is 0 Å². The van der Waals surface area contributed by atoms with Crippen LogP contribution >= 0.6 is 11.6 Å². The maximum absolute atomic E-state index is 11.9. The minimum absolute atomic E-state index is 0.212. The van der Waals surface area contributed by atoms with E-state index < -0.39 is 0 Å². The summed E-state index contributed by atoms with van der Waals surface area (Å²) in [5.74, 6) is 0.448. The summed E-state index contributed by atoms with van der Waals surface area (Å²) in [6.07, 6.45) is 0. The average Bonchev–Trinajstić information content (AvgIpc) is 2.49. The molecule has 0 atom stereocenters. The Morgan fingerprint density at radius 3 is 2.62 bits per heavy atom. The van der Waals surface area contributed by atoms with Crippen molar-refractivity contribution in [1.82, 2.24) is 5.32 Å². The highest BCUT2D eigenvalue weighted by Crippen LogP contribution is 2.31. The maximum atomic E-state index is 11.9. The number of carbonyl (C=O) groups excluding carboxylic acids is 1. The van der Waals surface area contributed by atoms with Gasteiger partial charge < -0.3 is 21.1 Å². The van der Waals surface area contributed by atoms with Crippen molar-refractivity contribution in [3.8, 4) is 5.75 Å². The Morgan fingerprint density at radius 2 is 1.95 bits per heavy atom. The zero-order valence-electron chi connectivity index (χ0n) is 11.7. The third-order valence-corrected chi connectivity index (χ3v) is 3.29. The molecule has 0 fully saturated rings. The third-order valence-electron chi connectivity index (χ3n) is 2.96. The summed E-state index contributed by atoms with van der Waals surface area (Å²) in [5.41, 5.74) is 8.02. The molecule has 0 aromatic heterocycles. The zero-order valence-corrected chi connectivity index (χ0v) is 12.5. The van der Waals surface area contributed by atoms with E-state index in [4.69, 9.17) is 22.1 Å². The van der Waals surface area contributed by atoms with Gasteiger partial charge in [0.15, 0.2) is 0 Å². The number of nitrogens with two attached hydrogens (primary N) is 1. The number of rotatable bonds is 4. The van der Waals surface area contributed by atoms with Gasteiger partial charge in [-0.05, 0) is 30.3 Å². The van der Waals surface area contributed by atoms with Gasteiger partial charge in [0.2, 0.25) is 0 Å². The lowest BCUT2D eigenvalue weighted by Crippen LogP contribution is -2.19. The molecule has 0 aliphatic carbocycles. The van der Waals surface area contributed by atoms with Gasteiger partial charge >= 0.3 is 0 Å². The van der Waals surface area contributed by atoms with Gasteiger partial charge in [-0.3, -0.25) is 4.79 Å². The highest BCUT2D eigenvalue weighted by Gasteiger charge is 2.12. The number of nitrogen functional groups attached to an aromatic ring is 1. The lowest BCUT2D eigenvalue weighted by atomic mass is 10.1.